The van der Waals surface area contributed by atoms with Crippen molar-refractivity contribution in [1.29, 1.82) is 0 Å². The zero-order valence-electron chi connectivity index (χ0n) is 10.4. The van der Waals surface area contributed by atoms with Gasteiger partial charge in [0.2, 0.25) is 0 Å². The third-order valence-electron chi connectivity index (χ3n) is 3.15. The fourth-order valence-electron chi connectivity index (χ4n) is 2.14. The minimum absolute atomic E-state index is 0.00539. The largest absolute Gasteiger partial charge is 0.345 e. The van der Waals surface area contributed by atoms with Gasteiger partial charge in [-0.25, -0.2) is 0 Å². The summed E-state index contributed by atoms with van der Waals surface area (Å²) in [6, 6.07) is 3.85. The number of nitrogens with one attached hydrogen (secondary N) is 1. The zero-order chi connectivity index (χ0) is 12.3. The van der Waals surface area contributed by atoms with Crippen LogP contribution in [0.5, 0.6) is 0 Å². The molecule has 1 amide bonds. The van der Waals surface area contributed by atoms with Crippen LogP contribution >= 0.6 is 0 Å². The molecule has 92 valence electrons. The van der Waals surface area contributed by atoms with Gasteiger partial charge in [-0.2, -0.15) is 0 Å². The quantitative estimate of drug-likeness (QED) is 0.836. The van der Waals surface area contributed by atoms with Gasteiger partial charge >= 0.3 is 0 Å². The summed E-state index contributed by atoms with van der Waals surface area (Å²) in [4.78, 5) is 17.7. The maximum Gasteiger partial charge on any atom is 0.254 e. The monoisotopic (exact) mass is 233 g/mol. The Balaban J connectivity index is 2.09. The van der Waals surface area contributed by atoms with Crippen LogP contribution in [0, 0.1) is 0 Å². The fraction of sp³-hybridized carbons (Fsp3) is 0.538. The first kappa shape index (κ1) is 12.0. The van der Waals surface area contributed by atoms with E-state index in [-0.39, 0.29) is 5.91 Å². The summed E-state index contributed by atoms with van der Waals surface area (Å²) in [6.07, 6.45) is 4.07. The van der Waals surface area contributed by atoms with Gasteiger partial charge in [0, 0.05) is 38.4 Å². The number of piperidine rings is 1. The third kappa shape index (κ3) is 2.82. The second-order valence-electron chi connectivity index (χ2n) is 4.71. The lowest BCUT2D eigenvalue weighted by molar-refractivity contribution is 0.0827. The van der Waals surface area contributed by atoms with Crippen LogP contribution in [0.25, 0.3) is 0 Å². The molecule has 1 aromatic heterocycles. The third-order valence-corrected chi connectivity index (χ3v) is 3.15. The highest BCUT2D eigenvalue weighted by Gasteiger charge is 2.17. The normalized spacial score (nSPS) is 20.0. The van der Waals surface area contributed by atoms with E-state index >= 15 is 0 Å². The molecule has 2 heterocycles. The smallest absolute Gasteiger partial charge is 0.254 e. The SMILES string of the molecule is CN(C)C(=O)c1ccc([C@H]2CCCNC2)nc1. The summed E-state index contributed by atoms with van der Waals surface area (Å²) in [6.45, 7) is 2.10. The lowest BCUT2D eigenvalue weighted by atomic mass is 9.95. The van der Waals surface area contributed by atoms with Crippen LogP contribution in [0.2, 0.25) is 0 Å². The number of nitrogens with zero attached hydrogens (tertiary/aromatic N) is 2. The zero-order valence-corrected chi connectivity index (χ0v) is 10.4. The van der Waals surface area contributed by atoms with E-state index in [4.69, 9.17) is 0 Å². The van der Waals surface area contributed by atoms with Crippen LogP contribution in [0.1, 0.15) is 34.8 Å². The molecule has 0 saturated carbocycles. The highest BCUT2D eigenvalue weighted by atomic mass is 16.2. The summed E-state index contributed by atoms with van der Waals surface area (Å²) >= 11 is 0. The summed E-state index contributed by atoms with van der Waals surface area (Å²) in [5, 5.41) is 3.37. The maximum absolute atomic E-state index is 11.7. The van der Waals surface area contributed by atoms with Gasteiger partial charge in [0.1, 0.15) is 0 Å². The summed E-state index contributed by atoms with van der Waals surface area (Å²) in [5.74, 6) is 0.498. The molecule has 0 aromatic carbocycles. The molecule has 0 unspecified atom stereocenters. The van der Waals surface area contributed by atoms with Crippen LogP contribution in [0.15, 0.2) is 18.3 Å². The molecule has 1 N–H and O–H groups in total. The standard InChI is InChI=1S/C13H19N3O/c1-16(2)13(17)11-5-6-12(15-9-11)10-4-3-7-14-8-10/h5-6,9-10,14H,3-4,7-8H2,1-2H3/t10-/m0/s1. The molecular formula is C13H19N3O. The van der Waals surface area contributed by atoms with Gasteiger partial charge in [0.05, 0.1) is 5.56 Å². The van der Waals surface area contributed by atoms with Gasteiger partial charge < -0.3 is 10.2 Å². The second kappa shape index (κ2) is 5.27. The van der Waals surface area contributed by atoms with Crippen LogP contribution in [0.4, 0.5) is 0 Å². The Hall–Kier alpha value is -1.42. The Labute approximate surface area is 102 Å². The molecule has 1 aromatic rings. The number of hydrogen-bond acceptors (Lipinski definition) is 3. The van der Waals surface area contributed by atoms with E-state index in [0.717, 1.165) is 18.8 Å². The minimum atomic E-state index is 0.00539. The first-order valence-corrected chi connectivity index (χ1v) is 6.07. The average Bonchev–Trinajstić information content (AvgIpc) is 2.39. The van der Waals surface area contributed by atoms with Crippen molar-refractivity contribution in [3.05, 3.63) is 29.6 Å². The molecule has 2 rings (SSSR count). The van der Waals surface area contributed by atoms with E-state index in [1.165, 1.54) is 12.8 Å². The lowest BCUT2D eigenvalue weighted by Crippen LogP contribution is -2.29. The van der Waals surface area contributed by atoms with Crippen LogP contribution < -0.4 is 5.32 Å². The van der Waals surface area contributed by atoms with Gasteiger partial charge in [-0.3, -0.25) is 9.78 Å². The van der Waals surface area contributed by atoms with E-state index in [0.29, 0.717) is 11.5 Å². The van der Waals surface area contributed by atoms with E-state index in [1.807, 2.05) is 12.1 Å². The predicted molar refractivity (Wildman–Crippen MR) is 67.1 cm³/mol. The van der Waals surface area contributed by atoms with Gasteiger partial charge in [-0.1, -0.05) is 0 Å². The van der Waals surface area contributed by atoms with Crippen LogP contribution in [0.3, 0.4) is 0 Å². The molecule has 0 aliphatic carbocycles. The Morgan fingerprint density at radius 3 is 2.82 bits per heavy atom. The predicted octanol–water partition coefficient (Wildman–Crippen LogP) is 1.25. The molecule has 1 saturated heterocycles. The first-order valence-electron chi connectivity index (χ1n) is 6.07. The number of aromatic nitrogens is 1. The van der Waals surface area contributed by atoms with E-state index in [1.54, 1.807) is 25.2 Å². The first-order chi connectivity index (χ1) is 8.18. The topological polar surface area (TPSA) is 45.2 Å². The number of amides is 1. The fourth-order valence-corrected chi connectivity index (χ4v) is 2.14. The van der Waals surface area contributed by atoms with Crippen molar-refractivity contribution < 1.29 is 4.79 Å². The minimum Gasteiger partial charge on any atom is -0.345 e. The lowest BCUT2D eigenvalue weighted by Gasteiger charge is -2.22. The number of hydrogen-bond donors (Lipinski definition) is 1. The molecule has 1 fully saturated rings. The molecule has 4 nitrogen and oxygen atoms in total. The van der Waals surface area contributed by atoms with Crippen molar-refractivity contribution in [2.45, 2.75) is 18.8 Å². The second-order valence-corrected chi connectivity index (χ2v) is 4.71. The summed E-state index contributed by atoms with van der Waals surface area (Å²) in [5.41, 5.74) is 1.75. The number of carbonyl (C=O) groups is 1. The van der Waals surface area contributed by atoms with Gasteiger partial charge in [0.15, 0.2) is 0 Å². The van der Waals surface area contributed by atoms with E-state index in [9.17, 15) is 4.79 Å². The molecule has 0 bridgehead atoms. The Morgan fingerprint density at radius 2 is 2.29 bits per heavy atom. The molecular weight excluding hydrogens is 214 g/mol. The number of carbonyl (C=O) groups excluding carboxylic acids is 1. The molecule has 0 spiro atoms. The average molecular weight is 233 g/mol. The van der Waals surface area contributed by atoms with Crippen molar-refractivity contribution in [3.8, 4) is 0 Å². The Kier molecular flexibility index (Phi) is 3.74. The molecule has 1 atom stereocenters. The summed E-state index contributed by atoms with van der Waals surface area (Å²) in [7, 11) is 3.50. The summed E-state index contributed by atoms with van der Waals surface area (Å²) < 4.78 is 0. The van der Waals surface area contributed by atoms with Crippen LogP contribution in [-0.4, -0.2) is 43.0 Å². The highest BCUT2D eigenvalue weighted by Crippen LogP contribution is 2.21. The molecule has 17 heavy (non-hydrogen) atoms. The number of pyridine rings is 1. The molecule has 1 aliphatic rings. The number of rotatable bonds is 2. The maximum atomic E-state index is 11.7. The molecule has 4 heteroatoms. The van der Waals surface area contributed by atoms with Crippen molar-refractivity contribution in [3.63, 3.8) is 0 Å². The van der Waals surface area contributed by atoms with E-state index < -0.39 is 0 Å². The van der Waals surface area contributed by atoms with Crippen molar-refractivity contribution in [1.82, 2.24) is 15.2 Å². The molecule has 1 aliphatic heterocycles. The van der Waals surface area contributed by atoms with Crippen molar-refractivity contribution in [2.75, 3.05) is 27.2 Å². The highest BCUT2D eigenvalue weighted by molar-refractivity contribution is 5.93. The van der Waals surface area contributed by atoms with E-state index in [2.05, 4.69) is 10.3 Å². The van der Waals surface area contributed by atoms with Gasteiger partial charge in [0.25, 0.3) is 5.91 Å². The van der Waals surface area contributed by atoms with Gasteiger partial charge in [-0.05, 0) is 31.5 Å². The van der Waals surface area contributed by atoms with Crippen molar-refractivity contribution in [2.24, 2.45) is 0 Å². The molecule has 0 radical (unpaired) electrons. The van der Waals surface area contributed by atoms with Crippen molar-refractivity contribution >= 4 is 5.91 Å². The Bertz CT molecular complexity index is 380. The Morgan fingerprint density at radius 1 is 1.47 bits per heavy atom. The van der Waals surface area contributed by atoms with Gasteiger partial charge in [-0.15, -0.1) is 0 Å². The van der Waals surface area contributed by atoms with Crippen LogP contribution in [-0.2, 0) is 0 Å².